The number of hydrogen-bond donors (Lipinski definition) is 1. The van der Waals surface area contributed by atoms with E-state index in [0.29, 0.717) is 4.90 Å². The smallest absolute Gasteiger partial charge is 0.399 e. The van der Waals surface area contributed by atoms with Gasteiger partial charge in [0.05, 0.1) is 5.56 Å². The number of rotatable bonds is 0. The third-order valence-corrected chi connectivity index (χ3v) is 3.19. The minimum atomic E-state index is -5.05. The van der Waals surface area contributed by atoms with Gasteiger partial charge in [-0.15, -0.1) is 0 Å². The second-order valence-electron chi connectivity index (χ2n) is 4.68. The second kappa shape index (κ2) is 4.81. The van der Waals surface area contributed by atoms with E-state index in [9.17, 15) is 31.1 Å². The summed E-state index contributed by atoms with van der Waals surface area (Å²) >= 11 is 0. The maximum Gasteiger partial charge on any atom is 0.471 e. The van der Waals surface area contributed by atoms with Gasteiger partial charge in [-0.05, 0) is 29.7 Å². The summed E-state index contributed by atoms with van der Waals surface area (Å²) in [7, 11) is 0. The highest BCUT2D eigenvalue weighted by molar-refractivity contribution is 5.82. The summed E-state index contributed by atoms with van der Waals surface area (Å²) in [5, 5.41) is 0. The molecule has 21 heavy (non-hydrogen) atoms. The van der Waals surface area contributed by atoms with Crippen molar-refractivity contribution in [2.24, 2.45) is 0 Å². The zero-order valence-electron chi connectivity index (χ0n) is 10.5. The zero-order chi connectivity index (χ0) is 16.0. The van der Waals surface area contributed by atoms with Crippen LogP contribution in [0.1, 0.15) is 16.7 Å². The van der Waals surface area contributed by atoms with Gasteiger partial charge in [-0.3, -0.25) is 4.79 Å². The molecule has 1 aliphatic heterocycles. The van der Waals surface area contributed by atoms with Crippen LogP contribution >= 0.6 is 0 Å². The molecule has 0 aliphatic carbocycles. The van der Waals surface area contributed by atoms with Gasteiger partial charge in [0.15, 0.2) is 0 Å². The topological polar surface area (TPSA) is 46.3 Å². The van der Waals surface area contributed by atoms with Crippen LogP contribution in [0.3, 0.4) is 0 Å². The predicted molar refractivity (Wildman–Crippen MR) is 61.0 cm³/mol. The highest BCUT2D eigenvalue weighted by Gasteiger charge is 2.44. The first-order valence-corrected chi connectivity index (χ1v) is 5.84. The molecule has 1 aliphatic rings. The SMILES string of the molecule is Nc1cc2c(c(C(F)(F)F)c1)CCN(C(=O)C(F)(F)F)C2. The van der Waals surface area contributed by atoms with E-state index < -0.39 is 36.9 Å². The molecule has 0 aromatic heterocycles. The Hall–Kier alpha value is -1.93. The van der Waals surface area contributed by atoms with Crippen LogP contribution in [0.5, 0.6) is 0 Å². The summed E-state index contributed by atoms with van der Waals surface area (Å²) in [4.78, 5) is 11.6. The van der Waals surface area contributed by atoms with Crippen LogP contribution in [0.4, 0.5) is 32.0 Å². The lowest BCUT2D eigenvalue weighted by molar-refractivity contribution is -0.186. The highest BCUT2D eigenvalue weighted by atomic mass is 19.4. The van der Waals surface area contributed by atoms with Crippen molar-refractivity contribution < 1.29 is 31.1 Å². The lowest BCUT2D eigenvalue weighted by Gasteiger charge is -2.31. The molecule has 3 nitrogen and oxygen atoms in total. The fourth-order valence-electron chi connectivity index (χ4n) is 2.33. The first kappa shape index (κ1) is 15.5. The number of carbonyl (C=O) groups excluding carboxylic acids is 1. The normalized spacial score (nSPS) is 15.8. The van der Waals surface area contributed by atoms with Gasteiger partial charge < -0.3 is 10.6 Å². The fourth-order valence-corrected chi connectivity index (χ4v) is 2.33. The molecule has 0 saturated heterocycles. The second-order valence-corrected chi connectivity index (χ2v) is 4.68. The van der Waals surface area contributed by atoms with E-state index in [4.69, 9.17) is 5.73 Å². The summed E-state index contributed by atoms with van der Waals surface area (Å²) < 4.78 is 75.7. The first-order valence-electron chi connectivity index (χ1n) is 5.84. The van der Waals surface area contributed by atoms with Gasteiger partial charge in [0.1, 0.15) is 0 Å². The zero-order valence-corrected chi connectivity index (χ0v) is 10.5. The van der Waals surface area contributed by atoms with E-state index in [2.05, 4.69) is 0 Å². The summed E-state index contributed by atoms with van der Waals surface area (Å²) in [6, 6.07) is 1.92. The molecule has 1 aromatic carbocycles. The van der Waals surface area contributed by atoms with Crippen molar-refractivity contribution in [2.45, 2.75) is 25.3 Å². The average molecular weight is 312 g/mol. The molecule has 1 amide bonds. The molecule has 0 bridgehead atoms. The Bertz CT molecular complexity index is 578. The lowest BCUT2D eigenvalue weighted by atomic mass is 9.93. The Morgan fingerprint density at radius 1 is 1.14 bits per heavy atom. The van der Waals surface area contributed by atoms with Crippen molar-refractivity contribution in [2.75, 3.05) is 12.3 Å². The highest BCUT2D eigenvalue weighted by Crippen LogP contribution is 2.37. The number of alkyl halides is 6. The number of benzene rings is 1. The van der Waals surface area contributed by atoms with Crippen molar-refractivity contribution in [3.63, 3.8) is 0 Å². The molecule has 116 valence electrons. The Balaban J connectivity index is 2.39. The minimum absolute atomic E-state index is 0.00817. The number of halogens is 6. The summed E-state index contributed by atoms with van der Waals surface area (Å²) in [5.41, 5.74) is 4.08. The van der Waals surface area contributed by atoms with E-state index in [1.54, 1.807) is 0 Å². The molecule has 2 rings (SSSR count). The van der Waals surface area contributed by atoms with Crippen LogP contribution in [0.15, 0.2) is 12.1 Å². The Morgan fingerprint density at radius 3 is 2.29 bits per heavy atom. The van der Waals surface area contributed by atoms with Crippen molar-refractivity contribution in [1.29, 1.82) is 0 Å². The van der Waals surface area contributed by atoms with Gasteiger partial charge in [-0.1, -0.05) is 0 Å². The molecular weight excluding hydrogens is 302 g/mol. The van der Waals surface area contributed by atoms with Gasteiger partial charge in [0, 0.05) is 18.8 Å². The molecule has 0 atom stereocenters. The number of amides is 1. The van der Waals surface area contributed by atoms with E-state index in [-0.39, 0.29) is 23.2 Å². The number of carbonyl (C=O) groups is 1. The van der Waals surface area contributed by atoms with Crippen molar-refractivity contribution >= 4 is 11.6 Å². The van der Waals surface area contributed by atoms with Crippen LogP contribution < -0.4 is 5.73 Å². The minimum Gasteiger partial charge on any atom is -0.399 e. The van der Waals surface area contributed by atoms with Crippen LogP contribution in [0.25, 0.3) is 0 Å². The summed E-state index contributed by atoms with van der Waals surface area (Å²) in [5.74, 6) is -2.07. The van der Waals surface area contributed by atoms with E-state index in [1.165, 1.54) is 6.07 Å². The molecule has 0 radical (unpaired) electrons. The number of hydrogen-bond acceptors (Lipinski definition) is 2. The molecule has 0 spiro atoms. The molecule has 0 unspecified atom stereocenters. The monoisotopic (exact) mass is 312 g/mol. The standard InChI is InChI=1S/C12H10F6N2O/c13-11(14,15)9-4-7(19)3-6-5-20(2-1-8(6)9)10(21)12(16,17)18/h3-4H,1-2,5,19H2. The van der Waals surface area contributed by atoms with Crippen LogP contribution in [-0.4, -0.2) is 23.5 Å². The number of nitrogen functional groups attached to an aromatic ring is 1. The number of fused-ring (bicyclic) bond motifs is 1. The first-order chi connectivity index (χ1) is 9.50. The van der Waals surface area contributed by atoms with Gasteiger partial charge in [0.25, 0.3) is 0 Å². The average Bonchev–Trinajstić information content (AvgIpc) is 2.33. The number of anilines is 1. The maximum atomic E-state index is 12.9. The Morgan fingerprint density at radius 2 is 1.76 bits per heavy atom. The van der Waals surface area contributed by atoms with Gasteiger partial charge in [-0.25, -0.2) is 0 Å². The molecule has 1 heterocycles. The fraction of sp³-hybridized carbons (Fsp3) is 0.417. The van der Waals surface area contributed by atoms with Gasteiger partial charge in [0.2, 0.25) is 0 Å². The van der Waals surface area contributed by atoms with E-state index in [0.717, 1.165) is 6.07 Å². The van der Waals surface area contributed by atoms with Gasteiger partial charge in [-0.2, -0.15) is 26.3 Å². The van der Waals surface area contributed by atoms with E-state index in [1.807, 2.05) is 0 Å². The summed E-state index contributed by atoms with van der Waals surface area (Å²) in [6.07, 6.45) is -9.99. The molecular formula is C12H10F6N2O. The number of nitrogens with zero attached hydrogens (tertiary/aromatic N) is 1. The number of nitrogens with two attached hydrogens (primary N) is 1. The third-order valence-electron chi connectivity index (χ3n) is 3.19. The van der Waals surface area contributed by atoms with Crippen LogP contribution in [-0.2, 0) is 23.9 Å². The maximum absolute atomic E-state index is 12.9. The van der Waals surface area contributed by atoms with Crippen LogP contribution in [0.2, 0.25) is 0 Å². The molecule has 1 aromatic rings. The van der Waals surface area contributed by atoms with Crippen molar-refractivity contribution in [3.8, 4) is 0 Å². The summed E-state index contributed by atoms with van der Waals surface area (Å²) in [6.45, 7) is -0.958. The molecule has 9 heteroatoms. The lowest BCUT2D eigenvalue weighted by Crippen LogP contribution is -2.44. The molecule has 0 fully saturated rings. The van der Waals surface area contributed by atoms with Crippen LogP contribution in [0, 0.1) is 0 Å². The van der Waals surface area contributed by atoms with Crippen molar-refractivity contribution in [3.05, 3.63) is 28.8 Å². The third kappa shape index (κ3) is 3.06. The Labute approximate surface area is 115 Å². The molecule has 0 saturated carbocycles. The largest absolute Gasteiger partial charge is 0.471 e. The predicted octanol–water partition coefficient (Wildman–Crippen LogP) is 2.73. The quantitative estimate of drug-likeness (QED) is 0.591. The van der Waals surface area contributed by atoms with Gasteiger partial charge >= 0.3 is 18.3 Å². The molecule has 2 N–H and O–H groups in total. The Kier molecular flexibility index (Phi) is 3.54. The van der Waals surface area contributed by atoms with E-state index >= 15 is 0 Å². The van der Waals surface area contributed by atoms with Crippen molar-refractivity contribution in [1.82, 2.24) is 4.90 Å².